The molecule has 0 fully saturated rings. The third-order valence-corrected chi connectivity index (χ3v) is 5.09. The quantitative estimate of drug-likeness (QED) is 0.252. The Bertz CT molecular complexity index is 731. The van der Waals surface area contributed by atoms with E-state index in [4.69, 9.17) is 20.9 Å². The molecule has 0 bridgehead atoms. The molecule has 2 aromatic carbocycles. The van der Waals surface area contributed by atoms with Crippen molar-refractivity contribution < 1.29 is 9.47 Å². The fourth-order valence-corrected chi connectivity index (χ4v) is 3.18. The molecule has 2 aromatic rings. The molecule has 4 nitrogen and oxygen atoms in total. The SMILES string of the molecule is CCCCCCCCCC(Oc1ccc(N)c(C)c1)Oc1cccc(C)c1N. The third-order valence-electron chi connectivity index (χ3n) is 5.09. The maximum Gasteiger partial charge on any atom is 0.241 e. The molecule has 4 heteroatoms. The van der Waals surface area contributed by atoms with Crippen LogP contribution in [0.2, 0.25) is 0 Å². The fourth-order valence-electron chi connectivity index (χ4n) is 3.18. The molecule has 0 aliphatic carbocycles. The first kappa shape index (κ1) is 21.9. The molecule has 0 aliphatic rings. The fraction of sp³-hybridized carbons (Fsp3) is 0.500. The normalized spacial score (nSPS) is 12.0. The number of hydrogen-bond acceptors (Lipinski definition) is 4. The van der Waals surface area contributed by atoms with Crippen molar-refractivity contribution in [3.05, 3.63) is 47.5 Å². The van der Waals surface area contributed by atoms with Crippen LogP contribution < -0.4 is 20.9 Å². The average Bonchev–Trinajstić information content (AvgIpc) is 2.67. The second kappa shape index (κ2) is 11.5. The van der Waals surface area contributed by atoms with Crippen LogP contribution in [0.4, 0.5) is 11.4 Å². The predicted molar refractivity (Wildman–Crippen MR) is 119 cm³/mol. The Labute approximate surface area is 170 Å². The highest BCUT2D eigenvalue weighted by Gasteiger charge is 2.15. The van der Waals surface area contributed by atoms with Gasteiger partial charge in [0.2, 0.25) is 6.29 Å². The van der Waals surface area contributed by atoms with Gasteiger partial charge in [-0.05, 0) is 55.7 Å². The second-order valence-electron chi connectivity index (χ2n) is 7.58. The smallest absolute Gasteiger partial charge is 0.241 e. The van der Waals surface area contributed by atoms with Crippen LogP contribution >= 0.6 is 0 Å². The summed E-state index contributed by atoms with van der Waals surface area (Å²) in [7, 11) is 0. The highest BCUT2D eigenvalue weighted by atomic mass is 16.7. The molecule has 1 unspecified atom stereocenters. The van der Waals surface area contributed by atoms with Crippen LogP contribution in [0.3, 0.4) is 0 Å². The number of hydrogen-bond donors (Lipinski definition) is 2. The minimum atomic E-state index is -0.372. The minimum absolute atomic E-state index is 0.372. The van der Waals surface area contributed by atoms with Crippen LogP contribution in [0.25, 0.3) is 0 Å². The molecule has 0 saturated carbocycles. The summed E-state index contributed by atoms with van der Waals surface area (Å²) in [6.45, 7) is 6.21. The second-order valence-corrected chi connectivity index (χ2v) is 7.58. The van der Waals surface area contributed by atoms with Crippen LogP contribution in [0.1, 0.15) is 69.4 Å². The molecule has 0 radical (unpaired) electrons. The molecule has 4 N–H and O–H groups in total. The highest BCUT2D eigenvalue weighted by molar-refractivity contribution is 5.57. The number of benzene rings is 2. The van der Waals surface area contributed by atoms with Crippen LogP contribution in [0.15, 0.2) is 36.4 Å². The van der Waals surface area contributed by atoms with Gasteiger partial charge in [-0.1, -0.05) is 57.6 Å². The zero-order chi connectivity index (χ0) is 20.4. The molecule has 0 aliphatic heterocycles. The van der Waals surface area contributed by atoms with E-state index < -0.39 is 0 Å². The van der Waals surface area contributed by atoms with Crippen molar-refractivity contribution in [1.82, 2.24) is 0 Å². The van der Waals surface area contributed by atoms with Gasteiger partial charge in [-0.2, -0.15) is 0 Å². The molecule has 154 valence electrons. The number of nitrogen functional groups attached to an aromatic ring is 2. The lowest BCUT2D eigenvalue weighted by Gasteiger charge is -2.22. The van der Waals surface area contributed by atoms with Crippen LogP contribution in [-0.4, -0.2) is 6.29 Å². The lowest BCUT2D eigenvalue weighted by Crippen LogP contribution is -2.24. The minimum Gasteiger partial charge on any atom is -0.455 e. The summed E-state index contributed by atoms with van der Waals surface area (Å²) in [6, 6.07) is 11.6. The van der Waals surface area contributed by atoms with Crippen molar-refractivity contribution in [2.75, 3.05) is 11.5 Å². The Kier molecular flexibility index (Phi) is 8.99. The summed E-state index contributed by atoms with van der Waals surface area (Å²) in [6.07, 6.45) is 9.22. The topological polar surface area (TPSA) is 70.5 Å². The summed E-state index contributed by atoms with van der Waals surface area (Å²) in [5, 5.41) is 0. The Morgan fingerprint density at radius 3 is 2.25 bits per heavy atom. The zero-order valence-corrected chi connectivity index (χ0v) is 17.7. The number of anilines is 2. The largest absolute Gasteiger partial charge is 0.455 e. The van der Waals surface area contributed by atoms with Crippen molar-refractivity contribution >= 4 is 11.4 Å². The van der Waals surface area contributed by atoms with Crippen molar-refractivity contribution in [3.63, 3.8) is 0 Å². The number of aryl methyl sites for hydroxylation is 2. The van der Waals surface area contributed by atoms with Gasteiger partial charge in [-0.3, -0.25) is 0 Å². The standard InChI is InChI=1S/C24H36N2O2/c1-4-5-6-7-8-9-10-14-23(27-20-15-16-21(25)19(3)17-20)28-22-13-11-12-18(2)24(22)26/h11-13,15-17,23H,4-10,14,25-26H2,1-3H3. The van der Waals surface area contributed by atoms with E-state index >= 15 is 0 Å². The van der Waals surface area contributed by atoms with Gasteiger partial charge in [-0.15, -0.1) is 0 Å². The van der Waals surface area contributed by atoms with Gasteiger partial charge < -0.3 is 20.9 Å². The summed E-state index contributed by atoms with van der Waals surface area (Å²) in [4.78, 5) is 0. The Balaban J connectivity index is 1.98. The molecule has 0 amide bonds. The Morgan fingerprint density at radius 2 is 1.54 bits per heavy atom. The first-order valence-electron chi connectivity index (χ1n) is 10.6. The zero-order valence-electron chi connectivity index (χ0n) is 17.7. The van der Waals surface area contributed by atoms with Crippen LogP contribution in [-0.2, 0) is 0 Å². The van der Waals surface area contributed by atoms with E-state index in [1.54, 1.807) is 0 Å². The molecule has 28 heavy (non-hydrogen) atoms. The van der Waals surface area contributed by atoms with Gasteiger partial charge in [0.15, 0.2) is 0 Å². The predicted octanol–water partition coefficient (Wildman–Crippen LogP) is 6.39. The van der Waals surface area contributed by atoms with E-state index in [2.05, 4.69) is 6.92 Å². The lowest BCUT2D eigenvalue weighted by molar-refractivity contribution is -0.00194. The van der Waals surface area contributed by atoms with Crippen molar-refractivity contribution in [2.45, 2.75) is 78.4 Å². The van der Waals surface area contributed by atoms with Gasteiger partial charge in [0.25, 0.3) is 0 Å². The molecular formula is C24H36N2O2. The average molecular weight is 385 g/mol. The van der Waals surface area contributed by atoms with E-state index in [1.807, 2.05) is 50.2 Å². The van der Waals surface area contributed by atoms with Gasteiger partial charge >= 0.3 is 0 Å². The molecule has 0 spiro atoms. The summed E-state index contributed by atoms with van der Waals surface area (Å²) < 4.78 is 12.3. The third kappa shape index (κ3) is 6.99. The van der Waals surface area contributed by atoms with Gasteiger partial charge in [-0.25, -0.2) is 0 Å². The maximum atomic E-state index is 6.19. The first-order valence-corrected chi connectivity index (χ1v) is 10.6. The van der Waals surface area contributed by atoms with Crippen molar-refractivity contribution in [3.8, 4) is 11.5 Å². The molecule has 0 aromatic heterocycles. The monoisotopic (exact) mass is 384 g/mol. The molecule has 0 saturated heterocycles. The summed E-state index contributed by atoms with van der Waals surface area (Å²) in [5.74, 6) is 1.45. The maximum absolute atomic E-state index is 6.19. The summed E-state index contributed by atoms with van der Waals surface area (Å²) in [5.41, 5.74) is 15.6. The van der Waals surface area contributed by atoms with Gasteiger partial charge in [0.05, 0.1) is 5.69 Å². The first-order chi connectivity index (χ1) is 13.5. The van der Waals surface area contributed by atoms with E-state index in [9.17, 15) is 0 Å². The number of ether oxygens (including phenoxy) is 2. The molecular weight excluding hydrogens is 348 g/mol. The molecule has 0 heterocycles. The number of para-hydroxylation sites is 1. The van der Waals surface area contributed by atoms with E-state index in [0.29, 0.717) is 11.4 Å². The lowest BCUT2D eigenvalue weighted by atomic mass is 10.1. The van der Waals surface area contributed by atoms with Gasteiger partial charge in [0.1, 0.15) is 11.5 Å². The highest BCUT2D eigenvalue weighted by Crippen LogP contribution is 2.28. The van der Waals surface area contributed by atoms with Crippen molar-refractivity contribution in [1.29, 1.82) is 0 Å². The van der Waals surface area contributed by atoms with E-state index in [0.717, 1.165) is 35.4 Å². The van der Waals surface area contributed by atoms with Crippen molar-refractivity contribution in [2.24, 2.45) is 0 Å². The summed E-state index contributed by atoms with van der Waals surface area (Å²) >= 11 is 0. The Hall–Kier alpha value is -2.36. The van der Waals surface area contributed by atoms with Crippen LogP contribution in [0, 0.1) is 13.8 Å². The van der Waals surface area contributed by atoms with E-state index in [-0.39, 0.29) is 6.29 Å². The number of rotatable bonds is 12. The van der Waals surface area contributed by atoms with Crippen LogP contribution in [0.5, 0.6) is 11.5 Å². The number of unbranched alkanes of at least 4 members (excludes halogenated alkanes) is 6. The Morgan fingerprint density at radius 1 is 0.821 bits per heavy atom. The molecule has 1 atom stereocenters. The van der Waals surface area contributed by atoms with E-state index in [1.165, 1.54) is 38.5 Å². The number of nitrogens with two attached hydrogens (primary N) is 2. The van der Waals surface area contributed by atoms with Gasteiger partial charge in [0, 0.05) is 12.1 Å². The molecule has 2 rings (SSSR count).